The largest absolute Gasteiger partial charge is 0.496 e. The molecule has 16 heavy (non-hydrogen) atoms. The lowest BCUT2D eigenvalue weighted by molar-refractivity contribution is 0.416. The SMILES string of the molecule is COc1ccccc1-c1cc(N)c(C#N)s1. The average molecular weight is 230 g/mol. The summed E-state index contributed by atoms with van der Waals surface area (Å²) < 4.78 is 5.27. The van der Waals surface area contributed by atoms with E-state index in [2.05, 4.69) is 6.07 Å². The van der Waals surface area contributed by atoms with Gasteiger partial charge in [-0.2, -0.15) is 5.26 Å². The molecule has 0 unspecified atom stereocenters. The van der Waals surface area contributed by atoms with Gasteiger partial charge in [-0.15, -0.1) is 11.3 Å². The highest BCUT2D eigenvalue weighted by Crippen LogP contribution is 2.37. The third kappa shape index (κ3) is 1.73. The monoisotopic (exact) mass is 230 g/mol. The molecule has 1 aromatic carbocycles. The first-order chi connectivity index (χ1) is 7.76. The Labute approximate surface area is 97.7 Å². The molecule has 0 aliphatic carbocycles. The van der Waals surface area contributed by atoms with Crippen molar-refractivity contribution < 1.29 is 4.74 Å². The van der Waals surface area contributed by atoms with Gasteiger partial charge >= 0.3 is 0 Å². The van der Waals surface area contributed by atoms with E-state index in [-0.39, 0.29) is 0 Å². The Morgan fingerprint density at radius 1 is 1.38 bits per heavy atom. The van der Waals surface area contributed by atoms with Crippen LogP contribution >= 0.6 is 11.3 Å². The Balaban J connectivity index is 2.55. The average Bonchev–Trinajstić information content (AvgIpc) is 2.70. The zero-order valence-corrected chi connectivity index (χ0v) is 9.54. The number of benzene rings is 1. The zero-order valence-electron chi connectivity index (χ0n) is 8.73. The summed E-state index contributed by atoms with van der Waals surface area (Å²) in [5.41, 5.74) is 7.21. The fourth-order valence-electron chi connectivity index (χ4n) is 1.47. The second kappa shape index (κ2) is 4.25. The van der Waals surface area contributed by atoms with Crippen molar-refractivity contribution in [1.82, 2.24) is 0 Å². The van der Waals surface area contributed by atoms with Gasteiger partial charge in [0.1, 0.15) is 16.7 Å². The van der Waals surface area contributed by atoms with Gasteiger partial charge in [0, 0.05) is 10.4 Å². The van der Waals surface area contributed by atoms with Crippen LogP contribution in [0.1, 0.15) is 4.88 Å². The molecule has 0 atom stereocenters. The molecule has 0 saturated carbocycles. The maximum atomic E-state index is 8.85. The zero-order chi connectivity index (χ0) is 11.5. The fraction of sp³-hybridized carbons (Fsp3) is 0.0833. The van der Waals surface area contributed by atoms with Crippen molar-refractivity contribution >= 4 is 17.0 Å². The number of hydrogen-bond acceptors (Lipinski definition) is 4. The lowest BCUT2D eigenvalue weighted by Crippen LogP contribution is -1.85. The van der Waals surface area contributed by atoms with Crippen LogP contribution in [0.4, 0.5) is 5.69 Å². The summed E-state index contributed by atoms with van der Waals surface area (Å²) in [5, 5.41) is 8.85. The van der Waals surface area contributed by atoms with E-state index in [1.807, 2.05) is 24.3 Å². The van der Waals surface area contributed by atoms with Crippen molar-refractivity contribution in [3.8, 4) is 22.3 Å². The molecule has 2 N–H and O–H groups in total. The van der Waals surface area contributed by atoms with Crippen molar-refractivity contribution in [3.05, 3.63) is 35.2 Å². The lowest BCUT2D eigenvalue weighted by Gasteiger charge is -2.05. The van der Waals surface area contributed by atoms with Crippen molar-refractivity contribution in [1.29, 1.82) is 5.26 Å². The van der Waals surface area contributed by atoms with E-state index < -0.39 is 0 Å². The molecule has 0 spiro atoms. The number of para-hydroxylation sites is 1. The molecule has 2 aromatic rings. The number of rotatable bonds is 2. The first kappa shape index (κ1) is 10.5. The number of anilines is 1. The first-order valence-electron chi connectivity index (χ1n) is 4.69. The Morgan fingerprint density at radius 2 is 2.12 bits per heavy atom. The maximum Gasteiger partial charge on any atom is 0.128 e. The summed E-state index contributed by atoms with van der Waals surface area (Å²) in [5.74, 6) is 0.785. The second-order valence-corrected chi connectivity index (χ2v) is 4.26. The Kier molecular flexibility index (Phi) is 2.80. The highest BCUT2D eigenvalue weighted by atomic mass is 32.1. The fourth-order valence-corrected chi connectivity index (χ4v) is 2.38. The predicted molar refractivity (Wildman–Crippen MR) is 65.4 cm³/mol. The molecule has 1 heterocycles. The van der Waals surface area contributed by atoms with Gasteiger partial charge in [0.2, 0.25) is 0 Å². The second-order valence-electron chi connectivity index (χ2n) is 3.21. The smallest absolute Gasteiger partial charge is 0.128 e. The molecule has 0 saturated heterocycles. The Hall–Kier alpha value is -1.99. The number of nitrogen functional groups attached to an aromatic ring is 1. The van der Waals surface area contributed by atoms with Crippen LogP contribution in [0.5, 0.6) is 5.75 Å². The maximum absolute atomic E-state index is 8.85. The van der Waals surface area contributed by atoms with E-state index in [1.54, 1.807) is 13.2 Å². The van der Waals surface area contributed by atoms with E-state index in [1.165, 1.54) is 11.3 Å². The summed E-state index contributed by atoms with van der Waals surface area (Å²) >= 11 is 1.38. The summed E-state index contributed by atoms with van der Waals surface area (Å²) in [7, 11) is 1.63. The van der Waals surface area contributed by atoms with Crippen molar-refractivity contribution in [2.45, 2.75) is 0 Å². The number of nitrogens with two attached hydrogens (primary N) is 1. The molecule has 0 amide bonds. The highest BCUT2D eigenvalue weighted by Gasteiger charge is 2.10. The molecule has 0 radical (unpaired) electrons. The number of hydrogen-bond donors (Lipinski definition) is 1. The van der Waals surface area contributed by atoms with Gasteiger partial charge in [0.25, 0.3) is 0 Å². The quantitative estimate of drug-likeness (QED) is 0.863. The van der Waals surface area contributed by atoms with Gasteiger partial charge in [-0.25, -0.2) is 0 Å². The third-order valence-corrected chi connectivity index (χ3v) is 3.32. The summed E-state index contributed by atoms with van der Waals surface area (Å²) in [4.78, 5) is 1.49. The highest BCUT2D eigenvalue weighted by molar-refractivity contribution is 7.16. The van der Waals surface area contributed by atoms with Crippen LogP contribution in [0.2, 0.25) is 0 Å². The van der Waals surface area contributed by atoms with Crippen molar-refractivity contribution in [2.75, 3.05) is 12.8 Å². The number of thiophene rings is 1. The molecule has 4 heteroatoms. The molecule has 1 aromatic heterocycles. The summed E-state index contributed by atoms with van der Waals surface area (Å²) in [6.45, 7) is 0. The van der Waals surface area contributed by atoms with Gasteiger partial charge in [-0.3, -0.25) is 0 Å². The minimum absolute atomic E-state index is 0.522. The van der Waals surface area contributed by atoms with Gasteiger partial charge < -0.3 is 10.5 Å². The molecule has 0 aliphatic rings. The number of ether oxygens (including phenoxy) is 1. The van der Waals surface area contributed by atoms with E-state index in [0.717, 1.165) is 16.2 Å². The van der Waals surface area contributed by atoms with Crippen LogP contribution in [-0.4, -0.2) is 7.11 Å². The molecule has 0 bridgehead atoms. The van der Waals surface area contributed by atoms with Crippen LogP contribution in [-0.2, 0) is 0 Å². The topological polar surface area (TPSA) is 59.0 Å². The molecule has 2 rings (SSSR count). The molecule has 0 aliphatic heterocycles. The molecule has 0 fully saturated rings. The number of nitriles is 1. The normalized spacial score (nSPS) is 9.75. The van der Waals surface area contributed by atoms with Crippen LogP contribution < -0.4 is 10.5 Å². The van der Waals surface area contributed by atoms with Crippen molar-refractivity contribution in [2.24, 2.45) is 0 Å². The van der Waals surface area contributed by atoms with E-state index in [4.69, 9.17) is 15.7 Å². The lowest BCUT2D eigenvalue weighted by atomic mass is 10.1. The Morgan fingerprint density at radius 3 is 2.75 bits per heavy atom. The van der Waals surface area contributed by atoms with Crippen LogP contribution in [0, 0.1) is 11.3 Å². The third-order valence-electron chi connectivity index (χ3n) is 2.23. The molecular formula is C12H10N2OS. The van der Waals surface area contributed by atoms with E-state index in [9.17, 15) is 0 Å². The van der Waals surface area contributed by atoms with Crippen LogP contribution in [0.3, 0.4) is 0 Å². The predicted octanol–water partition coefficient (Wildman–Crippen LogP) is 2.88. The van der Waals surface area contributed by atoms with Gasteiger partial charge in [0.15, 0.2) is 0 Å². The summed E-state index contributed by atoms with van der Waals surface area (Å²) in [6.07, 6.45) is 0. The van der Waals surface area contributed by atoms with Crippen molar-refractivity contribution in [3.63, 3.8) is 0 Å². The molecule has 3 nitrogen and oxygen atoms in total. The van der Waals surface area contributed by atoms with Gasteiger partial charge in [-0.1, -0.05) is 12.1 Å². The minimum atomic E-state index is 0.522. The minimum Gasteiger partial charge on any atom is -0.496 e. The van der Waals surface area contributed by atoms with E-state index in [0.29, 0.717) is 10.6 Å². The molecule has 80 valence electrons. The number of nitrogens with zero attached hydrogens (tertiary/aromatic N) is 1. The van der Waals surface area contributed by atoms with Crippen LogP contribution in [0.15, 0.2) is 30.3 Å². The molecular weight excluding hydrogens is 220 g/mol. The van der Waals surface area contributed by atoms with E-state index >= 15 is 0 Å². The van der Waals surface area contributed by atoms with Gasteiger partial charge in [0.05, 0.1) is 12.8 Å². The first-order valence-corrected chi connectivity index (χ1v) is 5.50. The van der Waals surface area contributed by atoms with Crippen LogP contribution in [0.25, 0.3) is 10.4 Å². The standard InChI is InChI=1S/C12H10N2OS/c1-15-10-5-3-2-4-8(10)11-6-9(14)12(7-13)16-11/h2-6H,14H2,1H3. The van der Waals surface area contributed by atoms with Gasteiger partial charge in [-0.05, 0) is 18.2 Å². The Bertz CT molecular complexity index is 554. The number of methoxy groups -OCH3 is 1. The summed E-state index contributed by atoms with van der Waals surface area (Å²) in [6, 6.07) is 11.6.